The minimum Gasteiger partial charge on any atom is -0.393 e. The molecule has 23 heavy (non-hydrogen) atoms. The zero-order valence-corrected chi connectivity index (χ0v) is 14.6. The lowest BCUT2D eigenvalue weighted by atomic mass is 9.93. The highest BCUT2D eigenvalue weighted by molar-refractivity contribution is 6.30. The van der Waals surface area contributed by atoms with Crippen molar-refractivity contribution in [3.05, 3.63) is 34.9 Å². The third-order valence-electron chi connectivity index (χ3n) is 4.19. The maximum Gasteiger partial charge on any atom is 0.191 e. The smallest absolute Gasteiger partial charge is 0.191 e. The van der Waals surface area contributed by atoms with Gasteiger partial charge in [-0.15, -0.1) is 0 Å². The molecule has 4 nitrogen and oxygen atoms in total. The zero-order chi connectivity index (χ0) is 16.5. The summed E-state index contributed by atoms with van der Waals surface area (Å²) in [5.74, 6) is 0.894. The van der Waals surface area contributed by atoms with Gasteiger partial charge in [0, 0.05) is 24.2 Å². The van der Waals surface area contributed by atoms with Crippen LogP contribution in [0.5, 0.6) is 0 Å². The molecular weight excluding hydrogens is 310 g/mol. The van der Waals surface area contributed by atoms with Crippen LogP contribution in [0.4, 0.5) is 0 Å². The first-order valence-electron chi connectivity index (χ1n) is 8.64. The molecule has 1 saturated carbocycles. The topological polar surface area (TPSA) is 56.7 Å². The highest BCUT2D eigenvalue weighted by Gasteiger charge is 2.19. The van der Waals surface area contributed by atoms with E-state index in [0.717, 1.165) is 62.6 Å². The molecule has 0 radical (unpaired) electrons. The van der Waals surface area contributed by atoms with Crippen molar-refractivity contribution in [2.75, 3.05) is 13.1 Å². The van der Waals surface area contributed by atoms with Crippen molar-refractivity contribution in [3.8, 4) is 0 Å². The number of hydrogen-bond acceptors (Lipinski definition) is 2. The summed E-state index contributed by atoms with van der Waals surface area (Å²) in [5.41, 5.74) is 1.30. The van der Waals surface area contributed by atoms with Gasteiger partial charge in [0.2, 0.25) is 0 Å². The summed E-state index contributed by atoms with van der Waals surface area (Å²) in [4.78, 5) is 4.67. The number of benzene rings is 1. The molecule has 0 atom stereocenters. The second kappa shape index (κ2) is 9.78. The van der Waals surface area contributed by atoms with E-state index in [4.69, 9.17) is 11.6 Å². The zero-order valence-electron chi connectivity index (χ0n) is 13.9. The lowest BCUT2D eigenvalue weighted by Crippen LogP contribution is -2.45. The Morgan fingerprint density at radius 2 is 1.91 bits per heavy atom. The van der Waals surface area contributed by atoms with Gasteiger partial charge < -0.3 is 15.7 Å². The lowest BCUT2D eigenvalue weighted by molar-refractivity contribution is 0.120. The van der Waals surface area contributed by atoms with Gasteiger partial charge in [0.1, 0.15) is 0 Å². The van der Waals surface area contributed by atoms with E-state index in [0.29, 0.717) is 6.04 Å². The van der Waals surface area contributed by atoms with Gasteiger partial charge in [-0.05, 0) is 63.1 Å². The number of aliphatic imine (C=N–C) groups is 1. The van der Waals surface area contributed by atoms with E-state index in [1.807, 2.05) is 12.1 Å². The Hall–Kier alpha value is -1.26. The predicted octanol–water partition coefficient (Wildman–Crippen LogP) is 3.13. The van der Waals surface area contributed by atoms with Crippen molar-refractivity contribution < 1.29 is 5.11 Å². The molecule has 1 fully saturated rings. The highest BCUT2D eigenvalue weighted by Crippen LogP contribution is 2.18. The van der Waals surface area contributed by atoms with Crippen LogP contribution in [-0.2, 0) is 6.42 Å². The number of nitrogens with one attached hydrogen (secondary N) is 2. The Bertz CT molecular complexity index is 482. The van der Waals surface area contributed by atoms with Crippen molar-refractivity contribution in [2.45, 2.75) is 57.6 Å². The SMILES string of the molecule is CCNC(=NCCCc1ccc(Cl)cc1)NC1CCC(O)CC1. The number of aliphatic hydroxyl groups is 1. The quantitative estimate of drug-likeness (QED) is 0.424. The van der Waals surface area contributed by atoms with Crippen LogP contribution in [0.2, 0.25) is 5.02 Å². The van der Waals surface area contributed by atoms with Crippen LogP contribution in [0.15, 0.2) is 29.3 Å². The molecular formula is C18H28ClN3O. The second-order valence-electron chi connectivity index (χ2n) is 6.14. The van der Waals surface area contributed by atoms with E-state index in [1.54, 1.807) is 0 Å². The molecule has 128 valence electrons. The molecule has 1 aromatic carbocycles. The monoisotopic (exact) mass is 337 g/mol. The maximum atomic E-state index is 9.58. The van der Waals surface area contributed by atoms with E-state index in [9.17, 15) is 5.11 Å². The third kappa shape index (κ3) is 6.80. The van der Waals surface area contributed by atoms with Gasteiger partial charge in [-0.1, -0.05) is 23.7 Å². The molecule has 0 saturated heterocycles. The Kier molecular flexibility index (Phi) is 7.69. The Balaban J connectivity index is 1.75. The molecule has 0 unspecified atom stereocenters. The average Bonchev–Trinajstić information content (AvgIpc) is 2.55. The summed E-state index contributed by atoms with van der Waals surface area (Å²) in [7, 11) is 0. The van der Waals surface area contributed by atoms with E-state index < -0.39 is 0 Å². The Morgan fingerprint density at radius 1 is 1.22 bits per heavy atom. The molecule has 2 rings (SSSR count). The molecule has 0 aromatic heterocycles. The summed E-state index contributed by atoms with van der Waals surface area (Å²) in [5, 5.41) is 17.2. The molecule has 0 heterocycles. The summed E-state index contributed by atoms with van der Waals surface area (Å²) < 4.78 is 0. The Morgan fingerprint density at radius 3 is 2.57 bits per heavy atom. The molecule has 1 aromatic rings. The van der Waals surface area contributed by atoms with Gasteiger partial charge >= 0.3 is 0 Å². The lowest BCUT2D eigenvalue weighted by Gasteiger charge is -2.27. The summed E-state index contributed by atoms with van der Waals surface area (Å²) in [6.07, 6.45) is 5.69. The number of aryl methyl sites for hydroxylation is 1. The van der Waals surface area contributed by atoms with Gasteiger partial charge in [-0.25, -0.2) is 0 Å². The van der Waals surface area contributed by atoms with Crippen molar-refractivity contribution in [1.82, 2.24) is 10.6 Å². The highest BCUT2D eigenvalue weighted by atomic mass is 35.5. The fourth-order valence-corrected chi connectivity index (χ4v) is 2.98. The standard InChI is InChI=1S/C18H28ClN3O/c1-2-20-18(22-16-9-11-17(23)12-10-16)21-13-3-4-14-5-7-15(19)8-6-14/h5-8,16-17,23H,2-4,9-13H2,1H3,(H2,20,21,22). The third-order valence-corrected chi connectivity index (χ3v) is 4.44. The normalized spacial score (nSPS) is 22.0. The van der Waals surface area contributed by atoms with Crippen LogP contribution in [0.1, 0.15) is 44.6 Å². The first-order valence-corrected chi connectivity index (χ1v) is 9.02. The summed E-state index contributed by atoms with van der Waals surface area (Å²) >= 11 is 5.90. The molecule has 3 N–H and O–H groups in total. The number of guanidine groups is 1. The minimum absolute atomic E-state index is 0.119. The number of aliphatic hydroxyl groups excluding tert-OH is 1. The number of halogens is 1. The molecule has 0 spiro atoms. The number of nitrogens with zero attached hydrogens (tertiary/aromatic N) is 1. The van der Waals surface area contributed by atoms with E-state index in [1.165, 1.54) is 5.56 Å². The predicted molar refractivity (Wildman–Crippen MR) is 97.2 cm³/mol. The first kappa shape index (κ1) is 18.1. The molecule has 0 amide bonds. The Labute approximate surface area is 144 Å². The van der Waals surface area contributed by atoms with Crippen molar-refractivity contribution in [1.29, 1.82) is 0 Å². The van der Waals surface area contributed by atoms with Crippen LogP contribution in [0.25, 0.3) is 0 Å². The van der Waals surface area contributed by atoms with E-state index >= 15 is 0 Å². The number of hydrogen-bond donors (Lipinski definition) is 3. The molecule has 0 bridgehead atoms. The molecule has 5 heteroatoms. The largest absolute Gasteiger partial charge is 0.393 e. The average molecular weight is 338 g/mol. The summed E-state index contributed by atoms with van der Waals surface area (Å²) in [6.45, 7) is 3.74. The second-order valence-corrected chi connectivity index (χ2v) is 6.58. The van der Waals surface area contributed by atoms with Crippen LogP contribution in [-0.4, -0.2) is 36.3 Å². The van der Waals surface area contributed by atoms with Gasteiger partial charge in [-0.3, -0.25) is 4.99 Å². The van der Waals surface area contributed by atoms with E-state index in [-0.39, 0.29) is 6.10 Å². The first-order chi connectivity index (χ1) is 11.2. The van der Waals surface area contributed by atoms with Crippen LogP contribution in [0, 0.1) is 0 Å². The minimum atomic E-state index is -0.119. The molecule has 0 aliphatic heterocycles. The van der Waals surface area contributed by atoms with Gasteiger partial charge in [0.25, 0.3) is 0 Å². The van der Waals surface area contributed by atoms with Gasteiger partial charge in [0.15, 0.2) is 5.96 Å². The van der Waals surface area contributed by atoms with Gasteiger partial charge in [0.05, 0.1) is 6.10 Å². The maximum absolute atomic E-state index is 9.58. The fraction of sp³-hybridized carbons (Fsp3) is 0.611. The van der Waals surface area contributed by atoms with Crippen molar-refractivity contribution in [3.63, 3.8) is 0 Å². The molecule has 1 aliphatic rings. The van der Waals surface area contributed by atoms with Crippen LogP contribution in [0.3, 0.4) is 0 Å². The summed E-state index contributed by atoms with van der Waals surface area (Å²) in [6, 6.07) is 8.44. The van der Waals surface area contributed by atoms with E-state index in [2.05, 4.69) is 34.7 Å². The van der Waals surface area contributed by atoms with Crippen molar-refractivity contribution >= 4 is 17.6 Å². The number of rotatable bonds is 6. The van der Waals surface area contributed by atoms with Crippen LogP contribution < -0.4 is 10.6 Å². The molecule has 1 aliphatic carbocycles. The van der Waals surface area contributed by atoms with Crippen LogP contribution >= 0.6 is 11.6 Å². The van der Waals surface area contributed by atoms with Crippen molar-refractivity contribution in [2.24, 2.45) is 4.99 Å². The fourth-order valence-electron chi connectivity index (χ4n) is 2.86. The van der Waals surface area contributed by atoms with Gasteiger partial charge in [-0.2, -0.15) is 0 Å².